The smallest absolute Gasteiger partial charge is 0.269 e. The number of carbonyl (C=O) groups is 1. The number of nitro benzene ring substituents is 1. The maximum absolute atomic E-state index is 13.2. The zero-order valence-electron chi connectivity index (χ0n) is 16.6. The van der Waals surface area contributed by atoms with Gasteiger partial charge in [0.2, 0.25) is 5.91 Å². The topological polar surface area (TPSA) is 110 Å². The van der Waals surface area contributed by atoms with E-state index in [9.17, 15) is 23.3 Å². The number of hydrogen-bond acceptors (Lipinski definition) is 5. The van der Waals surface area contributed by atoms with Gasteiger partial charge in [-0.3, -0.25) is 19.2 Å². The summed E-state index contributed by atoms with van der Waals surface area (Å²) in [6.07, 6.45) is 6.13. The van der Waals surface area contributed by atoms with Crippen LogP contribution in [0.4, 0.5) is 11.4 Å². The molecule has 1 N–H and O–H groups in total. The fourth-order valence-electron chi connectivity index (χ4n) is 3.60. The van der Waals surface area contributed by atoms with Crippen molar-refractivity contribution < 1.29 is 18.1 Å². The third kappa shape index (κ3) is 5.35. The molecule has 1 aliphatic carbocycles. The van der Waals surface area contributed by atoms with E-state index < -0.39 is 21.5 Å². The van der Waals surface area contributed by atoms with Crippen molar-refractivity contribution in [1.82, 2.24) is 5.32 Å². The van der Waals surface area contributed by atoms with Gasteiger partial charge in [0.1, 0.15) is 6.54 Å². The minimum Gasteiger partial charge on any atom is -0.352 e. The fraction of sp³-hybridized carbons (Fsp3) is 0.381. The van der Waals surface area contributed by atoms with E-state index >= 15 is 0 Å². The summed E-state index contributed by atoms with van der Waals surface area (Å²) >= 11 is 0. The molecule has 0 saturated heterocycles. The lowest BCUT2D eigenvalue weighted by atomic mass is 10.1. The van der Waals surface area contributed by atoms with Gasteiger partial charge in [0.25, 0.3) is 15.7 Å². The zero-order chi connectivity index (χ0) is 21.6. The number of nitrogens with zero attached hydrogens (tertiary/aromatic N) is 2. The van der Waals surface area contributed by atoms with Crippen LogP contribution in [0, 0.1) is 10.1 Å². The molecule has 0 atom stereocenters. The molecule has 1 fully saturated rings. The van der Waals surface area contributed by atoms with E-state index in [-0.39, 0.29) is 28.2 Å². The molecule has 1 aliphatic rings. The lowest BCUT2D eigenvalue weighted by molar-refractivity contribution is -0.384. The second-order valence-electron chi connectivity index (χ2n) is 7.35. The number of anilines is 1. The molecule has 1 amide bonds. The van der Waals surface area contributed by atoms with Crippen LogP contribution in [0.1, 0.15) is 38.5 Å². The van der Waals surface area contributed by atoms with E-state index in [4.69, 9.17) is 0 Å². The Balaban J connectivity index is 1.87. The summed E-state index contributed by atoms with van der Waals surface area (Å²) < 4.78 is 27.5. The highest BCUT2D eigenvalue weighted by Crippen LogP contribution is 2.26. The Bertz CT molecular complexity index is 969. The van der Waals surface area contributed by atoms with E-state index in [1.165, 1.54) is 36.4 Å². The second kappa shape index (κ2) is 9.71. The van der Waals surface area contributed by atoms with Crippen molar-refractivity contribution in [3.05, 3.63) is 64.7 Å². The number of nitro groups is 1. The molecule has 1 saturated carbocycles. The quantitative estimate of drug-likeness (QED) is 0.409. The van der Waals surface area contributed by atoms with Crippen LogP contribution in [0.25, 0.3) is 0 Å². The molecule has 0 bridgehead atoms. The Kier molecular flexibility index (Phi) is 7.04. The predicted octanol–water partition coefficient (Wildman–Crippen LogP) is 3.63. The minimum atomic E-state index is -4.03. The molecular weight excluding hydrogens is 406 g/mol. The molecule has 0 aromatic heterocycles. The predicted molar refractivity (Wildman–Crippen MR) is 114 cm³/mol. The summed E-state index contributed by atoms with van der Waals surface area (Å²) in [5, 5.41) is 13.9. The molecule has 0 heterocycles. The van der Waals surface area contributed by atoms with Gasteiger partial charge < -0.3 is 5.32 Å². The Morgan fingerprint density at radius 1 is 1.00 bits per heavy atom. The number of carbonyl (C=O) groups excluding carboxylic acids is 1. The molecule has 9 heteroatoms. The Hall–Kier alpha value is -2.94. The first-order chi connectivity index (χ1) is 14.4. The van der Waals surface area contributed by atoms with Crippen molar-refractivity contribution in [2.75, 3.05) is 10.8 Å². The van der Waals surface area contributed by atoms with E-state index in [0.717, 1.165) is 42.8 Å². The van der Waals surface area contributed by atoms with Crippen molar-refractivity contribution in [1.29, 1.82) is 0 Å². The van der Waals surface area contributed by atoms with Crippen LogP contribution in [0.5, 0.6) is 0 Å². The highest BCUT2D eigenvalue weighted by molar-refractivity contribution is 7.92. The summed E-state index contributed by atoms with van der Waals surface area (Å²) in [5.41, 5.74) is 0.0409. The molecule has 0 aliphatic heterocycles. The molecular formula is C21H25N3O5S. The van der Waals surface area contributed by atoms with Gasteiger partial charge in [-0.15, -0.1) is 0 Å². The first-order valence-corrected chi connectivity index (χ1v) is 11.4. The van der Waals surface area contributed by atoms with Crippen molar-refractivity contribution >= 4 is 27.3 Å². The SMILES string of the molecule is O=C(CN(c1ccc([N+](=O)[O-])cc1)S(=O)(=O)c1ccccc1)NC1CCCCCC1. The summed E-state index contributed by atoms with van der Waals surface area (Å²) in [6, 6.07) is 13.0. The average Bonchev–Trinajstić information content (AvgIpc) is 3.01. The number of rotatable bonds is 7. The van der Waals surface area contributed by atoms with Crippen LogP contribution in [0.2, 0.25) is 0 Å². The van der Waals surface area contributed by atoms with Crippen molar-refractivity contribution in [3.8, 4) is 0 Å². The molecule has 3 rings (SSSR count). The highest BCUT2D eigenvalue weighted by Gasteiger charge is 2.28. The molecule has 0 radical (unpaired) electrons. The van der Waals surface area contributed by atoms with Crippen LogP contribution in [0.15, 0.2) is 59.5 Å². The van der Waals surface area contributed by atoms with Gasteiger partial charge in [-0.05, 0) is 37.1 Å². The van der Waals surface area contributed by atoms with Gasteiger partial charge in [-0.1, -0.05) is 43.9 Å². The van der Waals surface area contributed by atoms with Gasteiger partial charge in [0.05, 0.1) is 15.5 Å². The number of sulfonamides is 1. The van der Waals surface area contributed by atoms with Crippen LogP contribution < -0.4 is 9.62 Å². The molecule has 0 spiro atoms. The molecule has 160 valence electrons. The van der Waals surface area contributed by atoms with Gasteiger partial charge in [0, 0.05) is 18.2 Å². The van der Waals surface area contributed by atoms with Crippen LogP contribution in [-0.4, -0.2) is 31.8 Å². The summed E-state index contributed by atoms with van der Waals surface area (Å²) in [5.74, 6) is -0.389. The van der Waals surface area contributed by atoms with Crippen molar-refractivity contribution in [2.24, 2.45) is 0 Å². The third-order valence-electron chi connectivity index (χ3n) is 5.19. The van der Waals surface area contributed by atoms with Crippen LogP contribution >= 0.6 is 0 Å². The van der Waals surface area contributed by atoms with Crippen LogP contribution in [-0.2, 0) is 14.8 Å². The highest BCUT2D eigenvalue weighted by atomic mass is 32.2. The maximum atomic E-state index is 13.2. The average molecular weight is 432 g/mol. The lowest BCUT2D eigenvalue weighted by Gasteiger charge is -2.25. The van der Waals surface area contributed by atoms with Crippen molar-refractivity contribution in [3.63, 3.8) is 0 Å². The molecule has 8 nitrogen and oxygen atoms in total. The standard InChI is InChI=1S/C21H25N3O5S/c25-21(22-17-8-4-1-2-5-9-17)16-23(18-12-14-19(15-13-18)24(26)27)30(28,29)20-10-6-3-7-11-20/h3,6-7,10-15,17H,1-2,4-5,8-9,16H2,(H,22,25). The Morgan fingerprint density at radius 2 is 1.60 bits per heavy atom. The molecule has 30 heavy (non-hydrogen) atoms. The fourth-order valence-corrected chi connectivity index (χ4v) is 5.04. The van der Waals surface area contributed by atoms with Gasteiger partial charge in [0.15, 0.2) is 0 Å². The van der Waals surface area contributed by atoms with E-state index in [2.05, 4.69) is 5.32 Å². The first kappa shape index (κ1) is 21.8. The van der Waals surface area contributed by atoms with E-state index in [1.54, 1.807) is 18.2 Å². The first-order valence-electron chi connectivity index (χ1n) is 9.99. The number of amides is 1. The van der Waals surface area contributed by atoms with Crippen molar-refractivity contribution in [2.45, 2.75) is 49.5 Å². The third-order valence-corrected chi connectivity index (χ3v) is 6.98. The Labute approximate surface area is 176 Å². The number of benzene rings is 2. The van der Waals surface area contributed by atoms with Gasteiger partial charge >= 0.3 is 0 Å². The number of hydrogen-bond donors (Lipinski definition) is 1. The minimum absolute atomic E-state index is 0.0399. The number of nitrogens with one attached hydrogen (secondary N) is 1. The maximum Gasteiger partial charge on any atom is 0.269 e. The summed E-state index contributed by atoms with van der Waals surface area (Å²) in [4.78, 5) is 23.2. The largest absolute Gasteiger partial charge is 0.352 e. The summed E-state index contributed by atoms with van der Waals surface area (Å²) in [6.45, 7) is -0.397. The number of non-ortho nitro benzene ring substituents is 1. The monoisotopic (exact) mass is 431 g/mol. The molecule has 2 aromatic rings. The van der Waals surface area contributed by atoms with E-state index in [0.29, 0.717) is 0 Å². The molecule has 2 aromatic carbocycles. The molecule has 0 unspecified atom stereocenters. The normalized spacial score (nSPS) is 15.2. The zero-order valence-corrected chi connectivity index (χ0v) is 17.4. The second-order valence-corrected chi connectivity index (χ2v) is 9.22. The van der Waals surface area contributed by atoms with Gasteiger partial charge in [-0.2, -0.15) is 0 Å². The van der Waals surface area contributed by atoms with Crippen LogP contribution in [0.3, 0.4) is 0 Å². The Morgan fingerprint density at radius 3 is 2.17 bits per heavy atom. The lowest BCUT2D eigenvalue weighted by Crippen LogP contribution is -2.44. The summed E-state index contributed by atoms with van der Waals surface area (Å²) in [7, 11) is -4.03. The van der Waals surface area contributed by atoms with Gasteiger partial charge in [-0.25, -0.2) is 8.42 Å². The van der Waals surface area contributed by atoms with E-state index in [1.807, 2.05) is 0 Å².